The van der Waals surface area contributed by atoms with Crippen LogP contribution in [-0.4, -0.2) is 29.3 Å². The number of thiocarbonyl (C=S) groups is 1. The number of aromatic hydroxyl groups is 1. The number of phenols is 1. The van der Waals surface area contributed by atoms with Crippen LogP contribution in [0.2, 0.25) is 0 Å². The lowest BCUT2D eigenvalue weighted by atomic mass is 10.2. The van der Waals surface area contributed by atoms with Gasteiger partial charge in [0.25, 0.3) is 5.91 Å². The van der Waals surface area contributed by atoms with Gasteiger partial charge in [-0.2, -0.15) is 0 Å². The van der Waals surface area contributed by atoms with E-state index in [2.05, 4.69) is 10.6 Å². The molecule has 0 aliphatic rings. The van der Waals surface area contributed by atoms with Crippen LogP contribution in [0.25, 0.3) is 0 Å². The van der Waals surface area contributed by atoms with Crippen LogP contribution in [0.4, 0.5) is 5.69 Å². The van der Waals surface area contributed by atoms with Crippen LogP contribution >= 0.6 is 12.2 Å². The lowest BCUT2D eigenvalue weighted by Gasteiger charge is -2.11. The first-order valence-corrected chi connectivity index (χ1v) is 9.33. The number of anilines is 1. The fraction of sp³-hybridized carbons (Fsp3) is 0.0909. The van der Waals surface area contributed by atoms with Crippen molar-refractivity contribution in [3.05, 3.63) is 84.4 Å². The summed E-state index contributed by atoms with van der Waals surface area (Å²) in [6, 6.07) is 22.6. The van der Waals surface area contributed by atoms with Crippen LogP contribution in [0.15, 0.2) is 78.9 Å². The van der Waals surface area contributed by atoms with Crippen molar-refractivity contribution in [3.8, 4) is 17.2 Å². The predicted molar refractivity (Wildman–Crippen MR) is 116 cm³/mol. The highest BCUT2D eigenvalue weighted by Crippen LogP contribution is 2.15. The lowest BCUT2D eigenvalue weighted by Crippen LogP contribution is -2.34. The molecule has 3 rings (SSSR count). The topological polar surface area (TPSA) is 79.8 Å². The summed E-state index contributed by atoms with van der Waals surface area (Å²) < 4.78 is 11.2. The van der Waals surface area contributed by atoms with Crippen LogP contribution in [0, 0.1) is 0 Å². The quantitative estimate of drug-likeness (QED) is 0.312. The number of hydrogen-bond acceptors (Lipinski definition) is 5. The number of phenolic OH excluding ortho intramolecular Hbond substituents is 1. The van der Waals surface area contributed by atoms with Gasteiger partial charge in [-0.15, -0.1) is 0 Å². The van der Waals surface area contributed by atoms with Crippen LogP contribution in [-0.2, 0) is 0 Å². The Labute approximate surface area is 174 Å². The van der Waals surface area contributed by atoms with Crippen molar-refractivity contribution in [1.29, 1.82) is 0 Å². The summed E-state index contributed by atoms with van der Waals surface area (Å²) in [6.45, 7) is 0.738. The molecule has 7 heteroatoms. The largest absolute Gasteiger partial charge is 0.508 e. The van der Waals surface area contributed by atoms with E-state index >= 15 is 0 Å². The smallest absolute Gasteiger partial charge is 0.257 e. The average molecular weight is 408 g/mol. The zero-order chi connectivity index (χ0) is 20.5. The summed E-state index contributed by atoms with van der Waals surface area (Å²) in [5, 5.41) is 14.9. The summed E-state index contributed by atoms with van der Waals surface area (Å²) in [6.07, 6.45) is 0. The number of nitrogens with one attached hydrogen (secondary N) is 2. The SMILES string of the molecule is O=C(NC(=S)Nc1ccc(O)cc1)c1cccc(OCCOc2ccccc2)c1. The summed E-state index contributed by atoms with van der Waals surface area (Å²) in [4.78, 5) is 12.4. The van der Waals surface area contributed by atoms with Gasteiger partial charge < -0.3 is 19.9 Å². The van der Waals surface area contributed by atoms with Crippen molar-refractivity contribution in [2.75, 3.05) is 18.5 Å². The second-order valence-corrected chi connectivity index (χ2v) is 6.40. The molecule has 3 N–H and O–H groups in total. The number of rotatable bonds is 7. The van der Waals surface area contributed by atoms with E-state index in [0.717, 1.165) is 5.75 Å². The third kappa shape index (κ3) is 6.51. The molecule has 0 aliphatic carbocycles. The summed E-state index contributed by atoms with van der Waals surface area (Å²) in [5.41, 5.74) is 1.07. The Kier molecular flexibility index (Phi) is 7.02. The van der Waals surface area contributed by atoms with Crippen molar-refractivity contribution < 1.29 is 19.4 Å². The highest BCUT2D eigenvalue weighted by atomic mass is 32.1. The third-order valence-corrected chi connectivity index (χ3v) is 4.02. The molecule has 3 aromatic rings. The first-order chi connectivity index (χ1) is 14.1. The molecule has 0 atom stereocenters. The molecular weight excluding hydrogens is 388 g/mol. The molecule has 0 unspecified atom stereocenters. The second kappa shape index (κ2) is 10.1. The monoisotopic (exact) mass is 408 g/mol. The maximum Gasteiger partial charge on any atom is 0.257 e. The molecule has 0 bridgehead atoms. The van der Waals surface area contributed by atoms with E-state index in [4.69, 9.17) is 21.7 Å². The van der Waals surface area contributed by atoms with Gasteiger partial charge in [-0.3, -0.25) is 10.1 Å². The van der Waals surface area contributed by atoms with Gasteiger partial charge in [-0.1, -0.05) is 24.3 Å². The Morgan fingerprint density at radius 2 is 1.52 bits per heavy atom. The molecule has 0 saturated heterocycles. The normalized spacial score (nSPS) is 10.1. The Hall–Kier alpha value is -3.58. The number of benzene rings is 3. The first-order valence-electron chi connectivity index (χ1n) is 8.92. The number of hydrogen-bond donors (Lipinski definition) is 3. The molecule has 0 radical (unpaired) electrons. The highest BCUT2D eigenvalue weighted by molar-refractivity contribution is 7.80. The zero-order valence-corrected chi connectivity index (χ0v) is 16.3. The van der Waals surface area contributed by atoms with Gasteiger partial charge in [0.1, 0.15) is 30.5 Å². The molecule has 0 aromatic heterocycles. The van der Waals surface area contributed by atoms with Crippen molar-refractivity contribution in [2.24, 2.45) is 0 Å². The number of carbonyl (C=O) groups is 1. The second-order valence-electron chi connectivity index (χ2n) is 5.99. The highest BCUT2D eigenvalue weighted by Gasteiger charge is 2.09. The van der Waals surface area contributed by atoms with E-state index in [0.29, 0.717) is 30.2 Å². The van der Waals surface area contributed by atoms with Gasteiger partial charge in [-0.05, 0) is 66.8 Å². The number of para-hydroxylation sites is 1. The molecule has 148 valence electrons. The van der Waals surface area contributed by atoms with Crippen molar-refractivity contribution in [3.63, 3.8) is 0 Å². The van der Waals surface area contributed by atoms with Gasteiger partial charge in [0.05, 0.1) is 0 Å². The zero-order valence-electron chi connectivity index (χ0n) is 15.5. The van der Waals surface area contributed by atoms with Crippen LogP contribution in [0.1, 0.15) is 10.4 Å². The van der Waals surface area contributed by atoms with E-state index in [1.807, 2.05) is 30.3 Å². The summed E-state index contributed by atoms with van der Waals surface area (Å²) in [7, 11) is 0. The molecule has 0 fully saturated rings. The number of carbonyl (C=O) groups excluding carboxylic acids is 1. The minimum Gasteiger partial charge on any atom is -0.508 e. The van der Waals surface area contributed by atoms with E-state index in [1.54, 1.807) is 36.4 Å². The van der Waals surface area contributed by atoms with Crippen LogP contribution in [0.5, 0.6) is 17.2 Å². The third-order valence-electron chi connectivity index (χ3n) is 3.81. The van der Waals surface area contributed by atoms with Crippen LogP contribution < -0.4 is 20.1 Å². The molecule has 0 heterocycles. The molecule has 0 aliphatic heterocycles. The molecule has 0 spiro atoms. The van der Waals surface area contributed by atoms with Gasteiger partial charge in [0, 0.05) is 11.3 Å². The van der Waals surface area contributed by atoms with Gasteiger partial charge >= 0.3 is 0 Å². The fourth-order valence-electron chi connectivity index (χ4n) is 2.45. The Bertz CT molecular complexity index is 962. The molecule has 6 nitrogen and oxygen atoms in total. The van der Waals surface area contributed by atoms with E-state index < -0.39 is 0 Å². The maximum absolute atomic E-state index is 12.4. The van der Waals surface area contributed by atoms with Crippen molar-refractivity contribution in [2.45, 2.75) is 0 Å². The first kappa shape index (κ1) is 20.2. The number of amides is 1. The molecule has 0 saturated carbocycles. The lowest BCUT2D eigenvalue weighted by molar-refractivity contribution is 0.0977. The predicted octanol–water partition coefficient (Wildman–Crippen LogP) is 3.98. The minimum atomic E-state index is -0.354. The standard InChI is InChI=1S/C22H20N2O4S/c25-18-11-9-17(10-12-18)23-22(29)24-21(26)16-5-4-8-20(15-16)28-14-13-27-19-6-2-1-3-7-19/h1-12,15,25H,13-14H2,(H2,23,24,26,29). The van der Waals surface area contributed by atoms with E-state index in [-0.39, 0.29) is 16.8 Å². The average Bonchev–Trinajstić information content (AvgIpc) is 2.74. The Balaban J connectivity index is 1.48. The van der Waals surface area contributed by atoms with Gasteiger partial charge in [0.2, 0.25) is 0 Å². The van der Waals surface area contributed by atoms with Gasteiger partial charge in [0.15, 0.2) is 5.11 Å². The maximum atomic E-state index is 12.4. The molecule has 3 aromatic carbocycles. The molecular formula is C22H20N2O4S. The van der Waals surface area contributed by atoms with Gasteiger partial charge in [-0.25, -0.2) is 0 Å². The van der Waals surface area contributed by atoms with Crippen molar-refractivity contribution in [1.82, 2.24) is 5.32 Å². The molecule has 29 heavy (non-hydrogen) atoms. The molecule has 1 amide bonds. The minimum absolute atomic E-state index is 0.150. The Morgan fingerprint density at radius 3 is 2.24 bits per heavy atom. The van der Waals surface area contributed by atoms with E-state index in [1.165, 1.54) is 12.1 Å². The van der Waals surface area contributed by atoms with Crippen molar-refractivity contribution >= 4 is 28.9 Å². The fourth-order valence-corrected chi connectivity index (χ4v) is 2.66. The van der Waals surface area contributed by atoms with Crippen LogP contribution in [0.3, 0.4) is 0 Å². The summed E-state index contributed by atoms with van der Waals surface area (Å²) in [5.74, 6) is 1.13. The number of ether oxygens (including phenoxy) is 2. The summed E-state index contributed by atoms with van der Waals surface area (Å²) >= 11 is 5.16. The van der Waals surface area contributed by atoms with E-state index in [9.17, 15) is 9.90 Å². The Morgan fingerprint density at radius 1 is 0.862 bits per heavy atom.